The highest BCUT2D eigenvalue weighted by atomic mass is 16.5. The van der Waals surface area contributed by atoms with E-state index in [0.717, 1.165) is 31.0 Å². The Balaban J connectivity index is 2.71. The van der Waals surface area contributed by atoms with Crippen molar-refractivity contribution in [2.45, 2.75) is 33.6 Å². The number of hydrogen-bond donors (Lipinski definition) is 1. The molecule has 0 aliphatic heterocycles. The average molecular weight is 267 g/mol. The molecule has 0 amide bonds. The van der Waals surface area contributed by atoms with E-state index in [1.54, 1.807) is 7.11 Å². The standard InChI is InChI=1S/C14H25N3O2/c1-5-6-12-16-13(15-7-8-18-4)9-14(17-12)19-10-11(2)3/h9,11H,5-8,10H2,1-4H3,(H,15,16,17). The van der Waals surface area contributed by atoms with E-state index in [1.165, 1.54) is 0 Å². The predicted molar refractivity (Wildman–Crippen MR) is 76.7 cm³/mol. The lowest BCUT2D eigenvalue weighted by Crippen LogP contribution is -2.12. The van der Waals surface area contributed by atoms with Crippen molar-refractivity contribution in [2.75, 3.05) is 32.2 Å². The molecule has 0 saturated carbocycles. The first kappa shape index (κ1) is 15.7. The van der Waals surface area contributed by atoms with Crippen LogP contribution in [0.15, 0.2) is 6.07 Å². The summed E-state index contributed by atoms with van der Waals surface area (Å²) in [4.78, 5) is 8.88. The van der Waals surface area contributed by atoms with E-state index in [1.807, 2.05) is 6.07 Å². The van der Waals surface area contributed by atoms with E-state index in [9.17, 15) is 0 Å². The molecule has 1 N–H and O–H groups in total. The van der Waals surface area contributed by atoms with Crippen LogP contribution in [0.25, 0.3) is 0 Å². The number of nitrogens with one attached hydrogen (secondary N) is 1. The van der Waals surface area contributed by atoms with Crippen LogP contribution in [0.2, 0.25) is 0 Å². The van der Waals surface area contributed by atoms with Gasteiger partial charge in [-0.25, -0.2) is 4.98 Å². The maximum absolute atomic E-state index is 5.68. The van der Waals surface area contributed by atoms with Gasteiger partial charge in [-0.05, 0) is 12.3 Å². The first-order valence-electron chi connectivity index (χ1n) is 6.89. The molecular formula is C14H25N3O2. The molecule has 0 aliphatic carbocycles. The van der Waals surface area contributed by atoms with Gasteiger partial charge >= 0.3 is 0 Å². The van der Waals surface area contributed by atoms with Gasteiger partial charge in [-0.3, -0.25) is 0 Å². The number of hydrogen-bond acceptors (Lipinski definition) is 5. The predicted octanol–water partition coefficient (Wildman–Crippen LogP) is 2.52. The Morgan fingerprint density at radius 1 is 1.32 bits per heavy atom. The van der Waals surface area contributed by atoms with Gasteiger partial charge in [0.15, 0.2) is 0 Å². The summed E-state index contributed by atoms with van der Waals surface area (Å²) in [6.45, 7) is 8.39. The van der Waals surface area contributed by atoms with Crippen molar-refractivity contribution in [3.8, 4) is 5.88 Å². The number of ether oxygens (including phenoxy) is 2. The molecule has 19 heavy (non-hydrogen) atoms. The van der Waals surface area contributed by atoms with E-state index in [2.05, 4.69) is 36.1 Å². The Morgan fingerprint density at radius 3 is 2.74 bits per heavy atom. The van der Waals surface area contributed by atoms with Crippen LogP contribution in [-0.2, 0) is 11.2 Å². The fraction of sp³-hybridized carbons (Fsp3) is 0.714. The van der Waals surface area contributed by atoms with Gasteiger partial charge in [-0.15, -0.1) is 0 Å². The first-order valence-corrected chi connectivity index (χ1v) is 6.89. The van der Waals surface area contributed by atoms with E-state index in [-0.39, 0.29) is 0 Å². The smallest absolute Gasteiger partial charge is 0.218 e. The largest absolute Gasteiger partial charge is 0.477 e. The van der Waals surface area contributed by atoms with Crippen molar-refractivity contribution >= 4 is 5.82 Å². The van der Waals surface area contributed by atoms with Crippen LogP contribution in [0.5, 0.6) is 5.88 Å². The fourth-order valence-electron chi connectivity index (χ4n) is 1.51. The van der Waals surface area contributed by atoms with E-state index in [0.29, 0.717) is 25.0 Å². The lowest BCUT2D eigenvalue weighted by Gasteiger charge is -2.11. The molecule has 0 saturated heterocycles. The number of aromatic nitrogens is 2. The molecule has 5 nitrogen and oxygen atoms in total. The summed E-state index contributed by atoms with van der Waals surface area (Å²) < 4.78 is 10.7. The van der Waals surface area contributed by atoms with Crippen LogP contribution in [0, 0.1) is 5.92 Å². The molecule has 0 bridgehead atoms. The molecule has 0 aromatic carbocycles. The quantitative estimate of drug-likeness (QED) is 0.697. The van der Waals surface area contributed by atoms with Crippen molar-refractivity contribution in [3.05, 3.63) is 11.9 Å². The minimum atomic E-state index is 0.481. The first-order chi connectivity index (χ1) is 9.15. The highest BCUT2D eigenvalue weighted by Gasteiger charge is 2.06. The monoisotopic (exact) mass is 267 g/mol. The maximum atomic E-state index is 5.68. The van der Waals surface area contributed by atoms with Crippen LogP contribution >= 0.6 is 0 Å². The lowest BCUT2D eigenvalue weighted by molar-refractivity contribution is 0.210. The number of aryl methyl sites for hydroxylation is 1. The molecule has 0 unspecified atom stereocenters. The number of rotatable bonds is 9. The summed E-state index contributed by atoms with van der Waals surface area (Å²) in [6, 6.07) is 1.84. The van der Waals surface area contributed by atoms with E-state index < -0.39 is 0 Å². The van der Waals surface area contributed by atoms with Crippen LogP contribution in [0.3, 0.4) is 0 Å². The molecular weight excluding hydrogens is 242 g/mol. The maximum Gasteiger partial charge on any atom is 0.218 e. The third kappa shape index (κ3) is 6.38. The Morgan fingerprint density at radius 2 is 2.11 bits per heavy atom. The lowest BCUT2D eigenvalue weighted by atomic mass is 10.2. The van der Waals surface area contributed by atoms with E-state index >= 15 is 0 Å². The Labute approximate surface area is 115 Å². The van der Waals surface area contributed by atoms with Gasteiger partial charge in [0, 0.05) is 26.1 Å². The molecule has 0 radical (unpaired) electrons. The molecule has 0 spiro atoms. The zero-order valence-corrected chi connectivity index (χ0v) is 12.4. The molecule has 0 atom stereocenters. The van der Waals surface area contributed by atoms with Crippen LogP contribution in [0.1, 0.15) is 33.0 Å². The molecule has 1 aromatic rings. The highest BCUT2D eigenvalue weighted by Crippen LogP contribution is 2.15. The second kappa shape index (κ2) is 8.69. The highest BCUT2D eigenvalue weighted by molar-refractivity contribution is 5.38. The van der Waals surface area contributed by atoms with Crippen LogP contribution in [-0.4, -0.2) is 36.8 Å². The summed E-state index contributed by atoms with van der Waals surface area (Å²) in [5, 5.41) is 3.22. The SMILES string of the molecule is CCCc1nc(NCCOC)cc(OCC(C)C)n1. The van der Waals surface area contributed by atoms with Gasteiger partial charge in [-0.1, -0.05) is 20.8 Å². The average Bonchev–Trinajstić information content (AvgIpc) is 2.37. The normalized spacial score (nSPS) is 10.8. The zero-order chi connectivity index (χ0) is 14.1. The van der Waals surface area contributed by atoms with Gasteiger partial charge in [0.25, 0.3) is 0 Å². The molecule has 1 rings (SSSR count). The minimum absolute atomic E-state index is 0.481. The van der Waals surface area contributed by atoms with Gasteiger partial charge in [0.05, 0.1) is 13.2 Å². The molecule has 5 heteroatoms. The summed E-state index contributed by atoms with van der Waals surface area (Å²) >= 11 is 0. The number of nitrogens with zero attached hydrogens (tertiary/aromatic N) is 2. The number of methoxy groups -OCH3 is 1. The third-order valence-electron chi connectivity index (χ3n) is 2.40. The second-order valence-electron chi connectivity index (χ2n) is 4.88. The topological polar surface area (TPSA) is 56.3 Å². The van der Waals surface area contributed by atoms with Crippen LogP contribution < -0.4 is 10.1 Å². The van der Waals surface area contributed by atoms with Gasteiger partial charge in [0.1, 0.15) is 11.6 Å². The Hall–Kier alpha value is -1.36. The Bertz CT molecular complexity index is 370. The van der Waals surface area contributed by atoms with Crippen molar-refractivity contribution in [2.24, 2.45) is 5.92 Å². The van der Waals surface area contributed by atoms with Crippen molar-refractivity contribution in [1.29, 1.82) is 0 Å². The summed E-state index contributed by atoms with van der Waals surface area (Å²) in [6.07, 6.45) is 1.88. The molecule has 108 valence electrons. The van der Waals surface area contributed by atoms with Crippen molar-refractivity contribution in [1.82, 2.24) is 9.97 Å². The van der Waals surface area contributed by atoms with E-state index in [4.69, 9.17) is 9.47 Å². The second-order valence-corrected chi connectivity index (χ2v) is 4.88. The van der Waals surface area contributed by atoms with Gasteiger partial charge < -0.3 is 14.8 Å². The third-order valence-corrected chi connectivity index (χ3v) is 2.40. The zero-order valence-electron chi connectivity index (χ0n) is 12.4. The Kier molecular flexibility index (Phi) is 7.18. The fourth-order valence-corrected chi connectivity index (χ4v) is 1.51. The van der Waals surface area contributed by atoms with Crippen molar-refractivity contribution < 1.29 is 9.47 Å². The van der Waals surface area contributed by atoms with Crippen molar-refractivity contribution in [3.63, 3.8) is 0 Å². The molecule has 1 heterocycles. The van der Waals surface area contributed by atoms with Gasteiger partial charge in [-0.2, -0.15) is 4.98 Å². The summed E-state index contributed by atoms with van der Waals surface area (Å²) in [5.41, 5.74) is 0. The summed E-state index contributed by atoms with van der Waals surface area (Å²) in [7, 11) is 1.68. The minimum Gasteiger partial charge on any atom is -0.477 e. The number of anilines is 1. The van der Waals surface area contributed by atoms with Gasteiger partial charge in [0.2, 0.25) is 5.88 Å². The summed E-state index contributed by atoms with van der Waals surface area (Å²) in [5.74, 6) is 2.75. The molecule has 0 aliphatic rings. The molecule has 0 fully saturated rings. The molecule has 1 aromatic heterocycles. The van der Waals surface area contributed by atoms with Crippen LogP contribution in [0.4, 0.5) is 5.82 Å².